The minimum Gasteiger partial charge on any atom is -0.469 e. The monoisotopic (exact) mass is 278 g/mol. The van der Waals surface area contributed by atoms with Gasteiger partial charge in [-0.05, 0) is 28.2 Å². The molecule has 0 radical (unpaired) electrons. The number of methoxy groups -OCH3 is 1. The maximum Gasteiger partial charge on any atom is 0.313 e. The van der Waals surface area contributed by atoms with E-state index in [4.69, 9.17) is 4.74 Å². The molecule has 21 heavy (non-hydrogen) atoms. The second kappa shape index (κ2) is 5.57. The molecule has 0 fully saturated rings. The molecule has 2 nitrogen and oxygen atoms in total. The summed E-state index contributed by atoms with van der Waals surface area (Å²) >= 11 is 0. The van der Waals surface area contributed by atoms with Crippen LogP contribution in [0.1, 0.15) is 29.5 Å². The van der Waals surface area contributed by atoms with Crippen LogP contribution >= 0.6 is 0 Å². The summed E-state index contributed by atoms with van der Waals surface area (Å²) in [5.74, 6) is -0.278. The molecule has 3 rings (SSSR count). The third kappa shape index (κ3) is 2.38. The number of carbonyl (C=O) groups excluding carboxylic acids is 1. The molecular weight excluding hydrogens is 260 g/mol. The lowest BCUT2D eigenvalue weighted by Gasteiger charge is -2.29. The summed E-state index contributed by atoms with van der Waals surface area (Å²) in [5, 5.41) is 0. The predicted octanol–water partition coefficient (Wildman–Crippen LogP) is 4.02. The van der Waals surface area contributed by atoms with Crippen molar-refractivity contribution < 1.29 is 9.53 Å². The molecule has 0 spiro atoms. The van der Waals surface area contributed by atoms with Gasteiger partial charge in [0.15, 0.2) is 0 Å². The number of hydrogen-bond donors (Lipinski definition) is 0. The molecule has 106 valence electrons. The molecule has 0 aliphatic heterocycles. The molecule has 0 bridgehead atoms. The van der Waals surface area contributed by atoms with Crippen LogP contribution in [0.5, 0.6) is 0 Å². The molecule has 2 unspecified atom stereocenters. The summed E-state index contributed by atoms with van der Waals surface area (Å²) < 4.78 is 4.99. The molecular formula is C19H18O2. The summed E-state index contributed by atoms with van der Waals surface area (Å²) in [5.41, 5.74) is 4.55. The van der Waals surface area contributed by atoms with E-state index in [1.54, 1.807) is 0 Å². The Balaban J connectivity index is 2.15. The second-order valence-corrected chi connectivity index (χ2v) is 5.39. The zero-order chi connectivity index (χ0) is 14.8. The highest BCUT2D eigenvalue weighted by Gasteiger charge is 2.33. The van der Waals surface area contributed by atoms with Gasteiger partial charge in [-0.25, -0.2) is 0 Å². The summed E-state index contributed by atoms with van der Waals surface area (Å²) in [4.78, 5) is 12.1. The summed E-state index contributed by atoms with van der Waals surface area (Å²) in [7, 11) is 1.45. The van der Waals surface area contributed by atoms with E-state index in [2.05, 4.69) is 31.2 Å². The van der Waals surface area contributed by atoms with Gasteiger partial charge < -0.3 is 4.74 Å². The number of rotatable bonds is 2. The minimum atomic E-state index is -0.223. The molecule has 0 saturated carbocycles. The van der Waals surface area contributed by atoms with Gasteiger partial charge in [-0.15, -0.1) is 0 Å². The van der Waals surface area contributed by atoms with Gasteiger partial charge in [0, 0.05) is 0 Å². The van der Waals surface area contributed by atoms with Crippen molar-refractivity contribution in [3.8, 4) is 0 Å². The lowest BCUT2D eigenvalue weighted by atomic mass is 9.75. The van der Waals surface area contributed by atoms with Gasteiger partial charge in [-0.1, -0.05) is 67.6 Å². The molecule has 2 aromatic carbocycles. The second-order valence-electron chi connectivity index (χ2n) is 5.39. The molecule has 1 aliphatic rings. The Hall–Kier alpha value is -2.35. The van der Waals surface area contributed by atoms with Gasteiger partial charge in [0.1, 0.15) is 0 Å². The highest BCUT2D eigenvalue weighted by Crippen LogP contribution is 2.41. The normalized spacial score (nSPS) is 20.4. The lowest BCUT2D eigenvalue weighted by molar-refractivity contribution is -0.143. The van der Waals surface area contributed by atoms with Crippen molar-refractivity contribution in [2.24, 2.45) is 5.92 Å². The van der Waals surface area contributed by atoms with Crippen LogP contribution in [0.4, 0.5) is 0 Å². The van der Waals surface area contributed by atoms with Crippen LogP contribution in [0.25, 0.3) is 5.57 Å². The first-order chi connectivity index (χ1) is 10.2. The molecule has 1 aliphatic carbocycles. The number of esters is 1. The van der Waals surface area contributed by atoms with Gasteiger partial charge in [0.05, 0.1) is 13.0 Å². The maximum atomic E-state index is 12.1. The standard InChI is InChI=1S/C19H18O2/c1-13-12-17(14-8-4-3-5-9-14)15-10-6-7-11-16(15)18(13)19(20)21-2/h3-13,18H,1-2H3. The average molecular weight is 278 g/mol. The molecule has 0 amide bonds. The zero-order valence-electron chi connectivity index (χ0n) is 12.2. The van der Waals surface area contributed by atoms with Gasteiger partial charge in [0.25, 0.3) is 0 Å². The Morgan fingerprint density at radius 1 is 1.00 bits per heavy atom. The van der Waals surface area contributed by atoms with Gasteiger partial charge in [-0.2, -0.15) is 0 Å². The Morgan fingerprint density at radius 3 is 2.38 bits per heavy atom. The fraction of sp³-hybridized carbons (Fsp3) is 0.211. The van der Waals surface area contributed by atoms with Crippen LogP contribution < -0.4 is 0 Å². The summed E-state index contributed by atoms with van der Waals surface area (Å²) in [6.07, 6.45) is 2.18. The molecule has 0 aromatic heterocycles. The Labute approximate surface area is 125 Å². The number of ether oxygens (including phenoxy) is 1. The van der Waals surface area contributed by atoms with Gasteiger partial charge >= 0.3 is 5.97 Å². The number of carbonyl (C=O) groups is 1. The van der Waals surface area contributed by atoms with E-state index in [0.29, 0.717) is 0 Å². The third-order valence-corrected chi connectivity index (χ3v) is 4.08. The minimum absolute atomic E-state index is 0.113. The first-order valence-corrected chi connectivity index (χ1v) is 7.16. The number of allylic oxidation sites excluding steroid dienone is 1. The Morgan fingerprint density at radius 2 is 1.67 bits per heavy atom. The van der Waals surface area contributed by atoms with Crippen molar-refractivity contribution in [3.63, 3.8) is 0 Å². The van der Waals surface area contributed by atoms with Crippen LogP contribution in [-0.2, 0) is 9.53 Å². The third-order valence-electron chi connectivity index (χ3n) is 4.08. The van der Waals surface area contributed by atoms with Crippen molar-refractivity contribution in [1.82, 2.24) is 0 Å². The topological polar surface area (TPSA) is 26.3 Å². The van der Waals surface area contributed by atoms with E-state index in [1.165, 1.54) is 18.2 Å². The van der Waals surface area contributed by atoms with E-state index in [0.717, 1.165) is 11.1 Å². The smallest absolute Gasteiger partial charge is 0.313 e. The average Bonchev–Trinajstić information content (AvgIpc) is 2.54. The first kappa shape index (κ1) is 13.6. The highest BCUT2D eigenvalue weighted by atomic mass is 16.5. The quantitative estimate of drug-likeness (QED) is 0.775. The van der Waals surface area contributed by atoms with Crippen LogP contribution in [0.2, 0.25) is 0 Å². The molecule has 0 saturated heterocycles. The summed E-state index contributed by atoms with van der Waals surface area (Å²) in [6.45, 7) is 2.07. The van der Waals surface area contributed by atoms with E-state index in [9.17, 15) is 4.79 Å². The van der Waals surface area contributed by atoms with E-state index >= 15 is 0 Å². The van der Waals surface area contributed by atoms with Crippen molar-refractivity contribution in [1.29, 1.82) is 0 Å². The zero-order valence-corrected chi connectivity index (χ0v) is 12.2. The van der Waals surface area contributed by atoms with E-state index in [-0.39, 0.29) is 17.8 Å². The number of fused-ring (bicyclic) bond motifs is 1. The number of benzene rings is 2. The molecule has 2 heteroatoms. The summed E-state index contributed by atoms with van der Waals surface area (Å²) in [6, 6.07) is 18.4. The van der Waals surface area contributed by atoms with E-state index < -0.39 is 0 Å². The SMILES string of the molecule is COC(=O)C1c2ccccc2C(c2ccccc2)=CC1C. The van der Waals surface area contributed by atoms with Crippen LogP contribution in [0.15, 0.2) is 60.7 Å². The highest BCUT2D eigenvalue weighted by molar-refractivity contribution is 5.89. The largest absolute Gasteiger partial charge is 0.469 e. The predicted molar refractivity (Wildman–Crippen MR) is 83.9 cm³/mol. The van der Waals surface area contributed by atoms with Crippen molar-refractivity contribution in [2.75, 3.05) is 7.11 Å². The number of hydrogen-bond acceptors (Lipinski definition) is 2. The van der Waals surface area contributed by atoms with Gasteiger partial charge in [0.2, 0.25) is 0 Å². The first-order valence-electron chi connectivity index (χ1n) is 7.16. The molecule has 2 atom stereocenters. The van der Waals surface area contributed by atoms with Crippen molar-refractivity contribution >= 4 is 11.5 Å². The van der Waals surface area contributed by atoms with Crippen molar-refractivity contribution in [2.45, 2.75) is 12.8 Å². The van der Waals surface area contributed by atoms with E-state index in [1.807, 2.05) is 36.4 Å². The van der Waals surface area contributed by atoms with Gasteiger partial charge in [-0.3, -0.25) is 4.79 Å². The lowest BCUT2D eigenvalue weighted by Crippen LogP contribution is -2.24. The van der Waals surface area contributed by atoms with Crippen molar-refractivity contribution in [3.05, 3.63) is 77.4 Å². The molecule has 0 heterocycles. The molecule has 2 aromatic rings. The fourth-order valence-corrected chi connectivity index (χ4v) is 3.08. The Bertz CT molecular complexity index is 686. The van der Waals surface area contributed by atoms with Crippen LogP contribution in [-0.4, -0.2) is 13.1 Å². The maximum absolute atomic E-state index is 12.1. The van der Waals surface area contributed by atoms with Crippen LogP contribution in [0, 0.1) is 5.92 Å². The fourth-order valence-electron chi connectivity index (χ4n) is 3.08. The van der Waals surface area contributed by atoms with Crippen LogP contribution in [0.3, 0.4) is 0 Å². The molecule has 0 N–H and O–H groups in total. The Kier molecular flexibility index (Phi) is 3.61.